The molecule has 78 valence electrons. The minimum absolute atomic E-state index is 0.514. The maximum atomic E-state index is 2.50. The lowest BCUT2D eigenvalue weighted by Gasteiger charge is -2.28. The molecule has 2 unspecified atom stereocenters. The van der Waals surface area contributed by atoms with E-state index in [0.717, 1.165) is 11.8 Å². The summed E-state index contributed by atoms with van der Waals surface area (Å²) in [7, 11) is 2.26. The second kappa shape index (κ2) is 4.00. The molecule has 1 rings (SSSR count). The predicted octanol–water partition coefficient (Wildman–Crippen LogP) is 3.01. The van der Waals surface area contributed by atoms with Crippen LogP contribution in [0.25, 0.3) is 0 Å². The summed E-state index contributed by atoms with van der Waals surface area (Å²) in [6.07, 6.45) is 2.74. The average molecular weight is 183 g/mol. The number of rotatable bonds is 1. The highest BCUT2D eigenvalue weighted by Crippen LogP contribution is 2.35. The van der Waals surface area contributed by atoms with Crippen LogP contribution >= 0.6 is 0 Å². The van der Waals surface area contributed by atoms with E-state index in [1.165, 1.54) is 25.9 Å². The Morgan fingerprint density at radius 1 is 1.38 bits per heavy atom. The molecule has 0 amide bonds. The van der Waals surface area contributed by atoms with Gasteiger partial charge in [0.15, 0.2) is 0 Å². The van der Waals surface area contributed by atoms with Gasteiger partial charge in [-0.3, -0.25) is 0 Å². The number of hydrogen-bond donors (Lipinski definition) is 0. The fourth-order valence-corrected chi connectivity index (χ4v) is 2.96. The monoisotopic (exact) mass is 183 g/mol. The number of nitrogens with zero attached hydrogens (tertiary/aromatic N) is 1. The van der Waals surface area contributed by atoms with E-state index >= 15 is 0 Å². The minimum atomic E-state index is 0.514. The smallest absolute Gasteiger partial charge is 0.00298 e. The van der Waals surface area contributed by atoms with Gasteiger partial charge < -0.3 is 4.90 Å². The third-order valence-corrected chi connectivity index (χ3v) is 3.44. The van der Waals surface area contributed by atoms with Crippen LogP contribution in [0.5, 0.6) is 0 Å². The Balaban J connectivity index is 2.69. The first-order valence-electron chi connectivity index (χ1n) is 5.63. The largest absolute Gasteiger partial charge is 0.306 e. The first-order chi connectivity index (χ1) is 5.94. The Morgan fingerprint density at radius 3 is 2.54 bits per heavy atom. The highest BCUT2D eigenvalue weighted by Gasteiger charge is 2.31. The molecule has 0 saturated carbocycles. The van der Waals surface area contributed by atoms with Gasteiger partial charge in [-0.25, -0.2) is 0 Å². The Kier molecular flexibility index (Phi) is 3.39. The molecule has 0 spiro atoms. The summed E-state index contributed by atoms with van der Waals surface area (Å²) in [5.41, 5.74) is 0.514. The van der Waals surface area contributed by atoms with E-state index in [9.17, 15) is 0 Å². The summed E-state index contributed by atoms with van der Waals surface area (Å²) in [6.45, 7) is 12.1. The second-order valence-electron chi connectivity index (χ2n) is 5.71. The van der Waals surface area contributed by atoms with E-state index in [0.29, 0.717) is 5.41 Å². The molecule has 0 aliphatic carbocycles. The van der Waals surface area contributed by atoms with Crippen LogP contribution in [0.1, 0.15) is 40.5 Å². The van der Waals surface area contributed by atoms with Gasteiger partial charge in [0.25, 0.3) is 0 Å². The molecule has 0 aromatic rings. The summed E-state index contributed by atoms with van der Waals surface area (Å²) in [6, 6.07) is 0. The van der Waals surface area contributed by atoms with Gasteiger partial charge in [0, 0.05) is 13.1 Å². The summed E-state index contributed by atoms with van der Waals surface area (Å²) < 4.78 is 0. The Hall–Kier alpha value is -0.0400. The molecule has 0 N–H and O–H groups in total. The molecular weight excluding hydrogens is 158 g/mol. The highest BCUT2D eigenvalue weighted by molar-refractivity contribution is 4.83. The van der Waals surface area contributed by atoms with Crippen molar-refractivity contribution in [2.24, 2.45) is 17.3 Å². The van der Waals surface area contributed by atoms with Crippen LogP contribution in [0.3, 0.4) is 0 Å². The van der Waals surface area contributed by atoms with Crippen LogP contribution in [0, 0.1) is 17.3 Å². The van der Waals surface area contributed by atoms with Crippen molar-refractivity contribution >= 4 is 0 Å². The van der Waals surface area contributed by atoms with Gasteiger partial charge in [0.05, 0.1) is 0 Å². The topological polar surface area (TPSA) is 3.24 Å². The van der Waals surface area contributed by atoms with Crippen LogP contribution in [0.4, 0.5) is 0 Å². The SMILES string of the molecule is CCC1CC(C)(C)CN(C)CC1C. The first kappa shape index (κ1) is 11.0. The zero-order chi connectivity index (χ0) is 10.1. The van der Waals surface area contributed by atoms with Crippen molar-refractivity contribution in [3.05, 3.63) is 0 Å². The molecule has 0 bridgehead atoms. The van der Waals surface area contributed by atoms with E-state index in [1.807, 2.05) is 0 Å². The van der Waals surface area contributed by atoms with Crippen molar-refractivity contribution < 1.29 is 0 Å². The number of likely N-dealkylation sites (tertiary alicyclic amines) is 1. The second-order valence-corrected chi connectivity index (χ2v) is 5.71. The highest BCUT2D eigenvalue weighted by atomic mass is 15.1. The van der Waals surface area contributed by atoms with Crippen LogP contribution in [0.15, 0.2) is 0 Å². The third-order valence-electron chi connectivity index (χ3n) is 3.44. The van der Waals surface area contributed by atoms with Crippen molar-refractivity contribution in [1.82, 2.24) is 4.90 Å². The molecule has 0 aromatic carbocycles. The Morgan fingerprint density at radius 2 is 2.00 bits per heavy atom. The summed E-state index contributed by atoms with van der Waals surface area (Å²) >= 11 is 0. The van der Waals surface area contributed by atoms with Crippen molar-refractivity contribution in [3.8, 4) is 0 Å². The normalized spacial score (nSPS) is 35.8. The van der Waals surface area contributed by atoms with E-state index in [2.05, 4.69) is 39.6 Å². The first-order valence-corrected chi connectivity index (χ1v) is 5.63. The molecule has 1 heterocycles. The van der Waals surface area contributed by atoms with Crippen LogP contribution < -0.4 is 0 Å². The van der Waals surface area contributed by atoms with E-state index in [-0.39, 0.29) is 0 Å². The van der Waals surface area contributed by atoms with Gasteiger partial charge in [0.1, 0.15) is 0 Å². The maximum absolute atomic E-state index is 2.50. The van der Waals surface area contributed by atoms with Crippen LogP contribution in [-0.2, 0) is 0 Å². The molecular formula is C12H25N. The zero-order valence-electron chi connectivity index (χ0n) is 9.93. The summed E-state index contributed by atoms with van der Waals surface area (Å²) in [5, 5.41) is 0. The van der Waals surface area contributed by atoms with Crippen molar-refractivity contribution in [3.63, 3.8) is 0 Å². The van der Waals surface area contributed by atoms with Gasteiger partial charge in [-0.2, -0.15) is 0 Å². The van der Waals surface area contributed by atoms with Gasteiger partial charge in [-0.1, -0.05) is 34.1 Å². The molecule has 1 nitrogen and oxygen atoms in total. The fraction of sp³-hybridized carbons (Fsp3) is 1.00. The van der Waals surface area contributed by atoms with E-state index in [1.54, 1.807) is 0 Å². The molecule has 1 fully saturated rings. The lowest BCUT2D eigenvalue weighted by Crippen LogP contribution is -2.30. The van der Waals surface area contributed by atoms with Crippen LogP contribution in [-0.4, -0.2) is 25.0 Å². The average Bonchev–Trinajstić information content (AvgIpc) is 2.06. The molecule has 1 saturated heterocycles. The Bertz CT molecular complexity index is 163. The zero-order valence-corrected chi connectivity index (χ0v) is 9.93. The summed E-state index contributed by atoms with van der Waals surface area (Å²) in [5.74, 6) is 1.80. The molecule has 13 heavy (non-hydrogen) atoms. The molecule has 0 aromatic heterocycles. The fourth-order valence-electron chi connectivity index (χ4n) is 2.96. The van der Waals surface area contributed by atoms with Gasteiger partial charge in [-0.05, 0) is 30.7 Å². The summed E-state index contributed by atoms with van der Waals surface area (Å²) in [4.78, 5) is 2.50. The molecule has 1 aliphatic heterocycles. The number of hydrogen-bond acceptors (Lipinski definition) is 1. The minimum Gasteiger partial charge on any atom is -0.306 e. The molecule has 0 radical (unpaired) electrons. The van der Waals surface area contributed by atoms with Gasteiger partial charge >= 0.3 is 0 Å². The third kappa shape index (κ3) is 2.98. The quantitative estimate of drug-likeness (QED) is 0.604. The van der Waals surface area contributed by atoms with Gasteiger partial charge in [-0.15, -0.1) is 0 Å². The van der Waals surface area contributed by atoms with Crippen molar-refractivity contribution in [1.29, 1.82) is 0 Å². The van der Waals surface area contributed by atoms with Crippen LogP contribution in [0.2, 0.25) is 0 Å². The van der Waals surface area contributed by atoms with Crippen molar-refractivity contribution in [2.75, 3.05) is 20.1 Å². The van der Waals surface area contributed by atoms with Crippen molar-refractivity contribution in [2.45, 2.75) is 40.5 Å². The van der Waals surface area contributed by atoms with E-state index < -0.39 is 0 Å². The molecule has 2 atom stereocenters. The molecule has 1 heteroatoms. The molecule has 1 aliphatic rings. The lowest BCUT2D eigenvalue weighted by atomic mass is 9.78. The van der Waals surface area contributed by atoms with E-state index in [4.69, 9.17) is 0 Å². The maximum Gasteiger partial charge on any atom is 0.00298 e. The standard InChI is InChI=1S/C12H25N/c1-6-11-7-12(3,4)9-13(5)8-10(11)2/h10-11H,6-9H2,1-5H3. The Labute approximate surface area is 83.5 Å². The predicted molar refractivity (Wildman–Crippen MR) is 58.8 cm³/mol. The lowest BCUT2D eigenvalue weighted by molar-refractivity contribution is 0.218. The van der Waals surface area contributed by atoms with Gasteiger partial charge in [0.2, 0.25) is 0 Å².